The summed E-state index contributed by atoms with van der Waals surface area (Å²) in [5.41, 5.74) is 3.20. The third-order valence-electron chi connectivity index (χ3n) is 9.64. The van der Waals surface area contributed by atoms with Crippen molar-refractivity contribution in [3.63, 3.8) is 0 Å². The zero-order chi connectivity index (χ0) is 22.5. The number of aromatic nitrogens is 1. The van der Waals surface area contributed by atoms with Gasteiger partial charge in [-0.2, -0.15) is 0 Å². The molecule has 3 fully saturated rings. The molecule has 0 radical (unpaired) electrons. The normalized spacial score (nSPS) is 38.9. The van der Waals surface area contributed by atoms with E-state index in [4.69, 9.17) is 4.84 Å². The standard InChI is InChI=1S/C27H34N2O3/c1-17(29-32-25(31)18-5-4-14-28-16-18)22-8-9-23-21-7-6-19-15-20(30)10-12-26(19,2)24(21)11-13-27(22,23)3/h4-5,14-16,21-24H,6-13H2,1-3H3/t21-,22+,23-,24-,26-,27+/m0/s1. The molecule has 0 aromatic carbocycles. The summed E-state index contributed by atoms with van der Waals surface area (Å²) in [6, 6.07) is 3.42. The molecule has 1 aromatic rings. The van der Waals surface area contributed by atoms with Crippen molar-refractivity contribution in [2.24, 2.45) is 39.7 Å². The Labute approximate surface area is 190 Å². The Hall–Kier alpha value is -2.30. The van der Waals surface area contributed by atoms with Gasteiger partial charge in [0.25, 0.3) is 0 Å². The number of hydrogen-bond donors (Lipinski definition) is 0. The molecular weight excluding hydrogens is 400 g/mol. The van der Waals surface area contributed by atoms with Crippen molar-refractivity contribution in [2.45, 2.75) is 72.1 Å². The summed E-state index contributed by atoms with van der Waals surface area (Å²) >= 11 is 0. The van der Waals surface area contributed by atoms with Crippen LogP contribution < -0.4 is 0 Å². The molecule has 6 atom stereocenters. The van der Waals surface area contributed by atoms with Gasteiger partial charge in [0.2, 0.25) is 0 Å². The Balaban J connectivity index is 1.33. The molecule has 1 heterocycles. The summed E-state index contributed by atoms with van der Waals surface area (Å²) in [6.45, 7) is 6.91. The first kappa shape index (κ1) is 21.5. The molecule has 4 aliphatic rings. The van der Waals surface area contributed by atoms with E-state index in [1.807, 2.05) is 13.0 Å². The lowest BCUT2D eigenvalue weighted by molar-refractivity contribution is -0.117. The van der Waals surface area contributed by atoms with E-state index in [2.05, 4.69) is 24.0 Å². The third kappa shape index (κ3) is 3.36. The number of carbonyl (C=O) groups excluding carboxylic acids is 2. The van der Waals surface area contributed by atoms with Gasteiger partial charge in [-0.1, -0.05) is 24.6 Å². The molecule has 170 valence electrons. The fourth-order valence-corrected chi connectivity index (χ4v) is 7.96. The second-order valence-electron chi connectivity index (χ2n) is 11.0. The van der Waals surface area contributed by atoms with Crippen molar-refractivity contribution in [1.82, 2.24) is 4.98 Å². The Morgan fingerprint density at radius 2 is 1.97 bits per heavy atom. The van der Waals surface area contributed by atoms with E-state index < -0.39 is 5.97 Å². The van der Waals surface area contributed by atoms with Gasteiger partial charge < -0.3 is 4.84 Å². The van der Waals surface area contributed by atoms with Crippen LogP contribution in [0.15, 0.2) is 41.3 Å². The summed E-state index contributed by atoms with van der Waals surface area (Å²) in [5.74, 6) is 2.32. The van der Waals surface area contributed by atoms with E-state index in [-0.39, 0.29) is 10.8 Å². The van der Waals surface area contributed by atoms with Gasteiger partial charge >= 0.3 is 5.97 Å². The van der Waals surface area contributed by atoms with Crippen LogP contribution >= 0.6 is 0 Å². The van der Waals surface area contributed by atoms with Crippen LogP contribution in [0.3, 0.4) is 0 Å². The van der Waals surface area contributed by atoms with Crippen LogP contribution in [0, 0.1) is 34.5 Å². The van der Waals surface area contributed by atoms with E-state index in [0.29, 0.717) is 35.5 Å². The smallest absolute Gasteiger partial charge is 0.313 e. The maximum Gasteiger partial charge on any atom is 0.367 e. The topological polar surface area (TPSA) is 68.6 Å². The molecule has 0 bridgehead atoms. The average molecular weight is 435 g/mol. The molecule has 32 heavy (non-hydrogen) atoms. The highest BCUT2D eigenvalue weighted by Crippen LogP contribution is 2.66. The minimum Gasteiger partial charge on any atom is -0.313 e. The number of carbonyl (C=O) groups is 2. The highest BCUT2D eigenvalue weighted by molar-refractivity contribution is 5.92. The van der Waals surface area contributed by atoms with Crippen LogP contribution in [-0.2, 0) is 9.63 Å². The SMILES string of the molecule is CC(=NOC(=O)c1cccnc1)[C@H]1CC[C@H]2[C@@H]3CCC4=CC(=O)CC[C@]4(C)[C@H]3CC[C@]12C. The number of pyridine rings is 1. The minimum absolute atomic E-state index is 0.206. The van der Waals surface area contributed by atoms with Crippen molar-refractivity contribution in [3.05, 3.63) is 41.7 Å². The lowest BCUT2D eigenvalue weighted by Crippen LogP contribution is -2.51. The van der Waals surface area contributed by atoms with Gasteiger partial charge in [-0.25, -0.2) is 4.79 Å². The predicted molar refractivity (Wildman–Crippen MR) is 123 cm³/mol. The van der Waals surface area contributed by atoms with Gasteiger partial charge in [0.15, 0.2) is 5.78 Å². The Kier molecular flexibility index (Phi) is 5.34. The third-order valence-corrected chi connectivity index (χ3v) is 9.64. The Morgan fingerprint density at radius 3 is 2.75 bits per heavy atom. The van der Waals surface area contributed by atoms with Crippen molar-refractivity contribution in [3.8, 4) is 0 Å². The van der Waals surface area contributed by atoms with Crippen LogP contribution in [0.1, 0.15) is 82.5 Å². The largest absolute Gasteiger partial charge is 0.367 e. The van der Waals surface area contributed by atoms with E-state index >= 15 is 0 Å². The van der Waals surface area contributed by atoms with Crippen LogP contribution in [-0.4, -0.2) is 22.4 Å². The molecule has 0 aliphatic heterocycles. The zero-order valence-electron chi connectivity index (χ0n) is 19.5. The molecule has 5 nitrogen and oxygen atoms in total. The number of allylic oxidation sites excluding steroid dienone is 1. The van der Waals surface area contributed by atoms with E-state index in [0.717, 1.165) is 30.9 Å². The summed E-state index contributed by atoms with van der Waals surface area (Å²) in [7, 11) is 0. The summed E-state index contributed by atoms with van der Waals surface area (Å²) in [4.78, 5) is 33.6. The van der Waals surface area contributed by atoms with Crippen molar-refractivity contribution >= 4 is 17.5 Å². The molecule has 4 aliphatic carbocycles. The Bertz CT molecular complexity index is 984. The maximum absolute atomic E-state index is 12.3. The number of ketones is 1. The van der Waals surface area contributed by atoms with Crippen LogP contribution in [0.5, 0.6) is 0 Å². The molecule has 1 aromatic heterocycles. The lowest BCUT2D eigenvalue weighted by atomic mass is 9.46. The molecule has 0 spiro atoms. The van der Waals surface area contributed by atoms with Crippen LogP contribution in [0.4, 0.5) is 0 Å². The Morgan fingerprint density at radius 1 is 1.12 bits per heavy atom. The quantitative estimate of drug-likeness (QED) is 0.344. The fourth-order valence-electron chi connectivity index (χ4n) is 7.96. The number of rotatable bonds is 3. The average Bonchev–Trinajstić information content (AvgIpc) is 3.15. The monoisotopic (exact) mass is 434 g/mol. The number of hydrogen-bond acceptors (Lipinski definition) is 5. The lowest BCUT2D eigenvalue weighted by Gasteiger charge is -2.58. The predicted octanol–water partition coefficient (Wildman–Crippen LogP) is 5.76. The van der Waals surface area contributed by atoms with Crippen LogP contribution in [0.2, 0.25) is 0 Å². The second-order valence-corrected chi connectivity index (χ2v) is 11.0. The molecular formula is C27H34N2O3. The number of nitrogens with zero attached hydrogens (tertiary/aromatic N) is 2. The van der Waals surface area contributed by atoms with Crippen LogP contribution in [0.25, 0.3) is 0 Å². The molecule has 0 saturated heterocycles. The zero-order valence-corrected chi connectivity index (χ0v) is 19.5. The minimum atomic E-state index is -0.452. The van der Waals surface area contributed by atoms with E-state index in [9.17, 15) is 9.59 Å². The second kappa shape index (κ2) is 7.93. The van der Waals surface area contributed by atoms with Gasteiger partial charge in [-0.3, -0.25) is 9.78 Å². The molecule has 5 rings (SSSR count). The van der Waals surface area contributed by atoms with Crippen molar-refractivity contribution in [1.29, 1.82) is 0 Å². The molecule has 0 N–H and O–H groups in total. The first-order valence-corrected chi connectivity index (χ1v) is 12.2. The van der Waals surface area contributed by atoms with Gasteiger partial charge in [0, 0.05) is 24.7 Å². The molecule has 0 amide bonds. The van der Waals surface area contributed by atoms with Gasteiger partial charge in [0.1, 0.15) is 0 Å². The number of oxime groups is 1. The maximum atomic E-state index is 12.3. The fraction of sp³-hybridized carbons (Fsp3) is 0.630. The van der Waals surface area contributed by atoms with Crippen molar-refractivity contribution < 1.29 is 14.4 Å². The highest BCUT2D eigenvalue weighted by atomic mass is 16.7. The van der Waals surface area contributed by atoms with Gasteiger partial charge in [-0.15, -0.1) is 0 Å². The van der Waals surface area contributed by atoms with Crippen molar-refractivity contribution in [2.75, 3.05) is 0 Å². The first-order chi connectivity index (χ1) is 15.3. The van der Waals surface area contributed by atoms with Gasteiger partial charge in [0.05, 0.1) is 11.3 Å². The van der Waals surface area contributed by atoms with E-state index in [1.54, 1.807) is 18.3 Å². The number of fused-ring (bicyclic) bond motifs is 5. The summed E-state index contributed by atoms with van der Waals surface area (Å²) in [6.07, 6.45) is 13.9. The molecule has 0 unspecified atom stereocenters. The highest BCUT2D eigenvalue weighted by Gasteiger charge is 2.59. The summed E-state index contributed by atoms with van der Waals surface area (Å²) in [5, 5.41) is 4.30. The molecule has 5 heteroatoms. The van der Waals surface area contributed by atoms with E-state index in [1.165, 1.54) is 37.5 Å². The molecule has 3 saturated carbocycles. The van der Waals surface area contributed by atoms with Gasteiger partial charge in [-0.05, 0) is 98.7 Å². The summed E-state index contributed by atoms with van der Waals surface area (Å²) < 4.78 is 0. The first-order valence-electron chi connectivity index (χ1n) is 12.2.